The molecule has 1 aromatic rings. The van der Waals surface area contributed by atoms with Gasteiger partial charge in [-0.2, -0.15) is 0 Å². The molecule has 2 heterocycles. The van der Waals surface area contributed by atoms with Crippen LogP contribution in [0.25, 0.3) is 0 Å². The molecule has 2 nitrogen and oxygen atoms in total. The van der Waals surface area contributed by atoms with E-state index in [0.717, 1.165) is 17.9 Å². The molecule has 0 saturated heterocycles. The molecular formula is C15H24O2S. The van der Waals surface area contributed by atoms with Crippen LogP contribution in [-0.2, 0) is 0 Å². The Morgan fingerprint density at radius 1 is 0.889 bits per heavy atom. The Morgan fingerprint density at radius 3 is 1.61 bits per heavy atom. The number of hydrogen-bond acceptors (Lipinski definition) is 3. The molecule has 0 aliphatic carbocycles. The summed E-state index contributed by atoms with van der Waals surface area (Å²) in [7, 11) is 0. The molecular weight excluding hydrogens is 244 g/mol. The predicted molar refractivity (Wildman–Crippen MR) is 76.7 cm³/mol. The summed E-state index contributed by atoms with van der Waals surface area (Å²) in [5, 5.41) is 4.08. The quantitative estimate of drug-likeness (QED) is 0.676. The minimum Gasteiger partial charge on any atom is -0.485 e. The van der Waals surface area contributed by atoms with E-state index in [1.54, 1.807) is 11.3 Å². The summed E-state index contributed by atoms with van der Waals surface area (Å²) in [5.74, 6) is 1.82. The summed E-state index contributed by atoms with van der Waals surface area (Å²) in [4.78, 5) is 0. The first-order valence-corrected chi connectivity index (χ1v) is 7.52. The van der Waals surface area contributed by atoms with Crippen LogP contribution in [0.1, 0.15) is 48.0 Å². The molecule has 0 aromatic carbocycles. The van der Waals surface area contributed by atoms with Gasteiger partial charge in [0.15, 0.2) is 11.5 Å². The highest BCUT2D eigenvalue weighted by molar-refractivity contribution is 7.08. The van der Waals surface area contributed by atoms with Crippen LogP contribution in [0.3, 0.4) is 0 Å². The van der Waals surface area contributed by atoms with Crippen molar-refractivity contribution < 1.29 is 9.47 Å². The summed E-state index contributed by atoms with van der Waals surface area (Å²) >= 11 is 1.64. The average Bonchev–Trinajstić information content (AvgIpc) is 2.52. The molecule has 0 spiro atoms. The third-order valence-corrected chi connectivity index (χ3v) is 4.19. The van der Waals surface area contributed by atoms with Gasteiger partial charge in [0.1, 0.15) is 12.2 Å². The van der Waals surface area contributed by atoms with E-state index in [1.165, 1.54) is 0 Å². The van der Waals surface area contributed by atoms with Crippen LogP contribution < -0.4 is 9.47 Å². The Bertz CT molecular complexity index is 372. The molecule has 0 radical (unpaired) electrons. The van der Waals surface area contributed by atoms with E-state index in [-0.39, 0.29) is 23.0 Å². The van der Waals surface area contributed by atoms with Crippen molar-refractivity contribution in [3.63, 3.8) is 0 Å². The Kier molecular flexibility index (Phi) is 3.39. The maximum absolute atomic E-state index is 6.17. The third kappa shape index (κ3) is 2.82. The normalized spacial score (nSPS) is 24.8. The molecule has 2 unspecified atom stereocenters. The second-order valence-electron chi connectivity index (χ2n) is 7.28. The molecule has 1 aliphatic heterocycles. The van der Waals surface area contributed by atoms with Crippen LogP contribution >= 0.6 is 11.3 Å². The molecule has 18 heavy (non-hydrogen) atoms. The monoisotopic (exact) mass is 268 g/mol. The fourth-order valence-corrected chi connectivity index (χ4v) is 2.76. The zero-order chi connectivity index (χ0) is 13.6. The first-order valence-electron chi connectivity index (χ1n) is 6.57. The van der Waals surface area contributed by atoms with Crippen molar-refractivity contribution in [3.8, 4) is 11.5 Å². The molecule has 0 fully saturated rings. The third-order valence-electron chi connectivity index (χ3n) is 3.49. The Morgan fingerprint density at radius 2 is 1.28 bits per heavy atom. The smallest absolute Gasteiger partial charge is 0.172 e. The molecule has 0 N–H and O–H groups in total. The van der Waals surface area contributed by atoms with Crippen LogP contribution in [-0.4, -0.2) is 12.2 Å². The van der Waals surface area contributed by atoms with Crippen molar-refractivity contribution in [2.24, 2.45) is 10.8 Å². The van der Waals surface area contributed by atoms with E-state index in [1.807, 2.05) is 10.8 Å². The van der Waals surface area contributed by atoms with E-state index in [4.69, 9.17) is 9.47 Å². The van der Waals surface area contributed by atoms with Crippen LogP contribution in [0.4, 0.5) is 0 Å². The molecule has 1 aromatic heterocycles. The van der Waals surface area contributed by atoms with Crippen LogP contribution in [0.2, 0.25) is 0 Å². The van der Waals surface area contributed by atoms with Gasteiger partial charge in [-0.25, -0.2) is 0 Å². The van der Waals surface area contributed by atoms with E-state index < -0.39 is 0 Å². The molecule has 1 aliphatic rings. The molecule has 3 heteroatoms. The van der Waals surface area contributed by atoms with Gasteiger partial charge in [-0.3, -0.25) is 0 Å². The summed E-state index contributed by atoms with van der Waals surface area (Å²) in [5.41, 5.74) is 0.243. The van der Waals surface area contributed by atoms with Crippen LogP contribution in [0.5, 0.6) is 11.5 Å². The van der Waals surface area contributed by atoms with Gasteiger partial charge in [-0.05, 0) is 10.8 Å². The highest BCUT2D eigenvalue weighted by Gasteiger charge is 2.38. The molecule has 0 amide bonds. The first kappa shape index (κ1) is 13.7. The van der Waals surface area contributed by atoms with Gasteiger partial charge in [0, 0.05) is 17.2 Å². The van der Waals surface area contributed by atoms with Crippen molar-refractivity contribution in [1.82, 2.24) is 0 Å². The zero-order valence-electron chi connectivity index (χ0n) is 12.2. The van der Waals surface area contributed by atoms with E-state index >= 15 is 0 Å². The summed E-state index contributed by atoms with van der Waals surface area (Å²) in [6.45, 7) is 13.4. The minimum atomic E-state index is 0.121. The predicted octanol–water partition coefficient (Wildman–Crippen LogP) is 4.74. The van der Waals surface area contributed by atoms with Gasteiger partial charge in [0.2, 0.25) is 0 Å². The highest BCUT2D eigenvalue weighted by atomic mass is 32.1. The van der Waals surface area contributed by atoms with Gasteiger partial charge >= 0.3 is 0 Å². The Hall–Kier alpha value is -0.700. The molecule has 2 atom stereocenters. The fourth-order valence-electron chi connectivity index (χ4n) is 2.10. The summed E-state index contributed by atoms with van der Waals surface area (Å²) in [6, 6.07) is 0. The number of hydrogen-bond donors (Lipinski definition) is 0. The van der Waals surface area contributed by atoms with Gasteiger partial charge < -0.3 is 9.47 Å². The lowest BCUT2D eigenvalue weighted by Crippen LogP contribution is -2.40. The maximum Gasteiger partial charge on any atom is 0.172 e. The van der Waals surface area contributed by atoms with E-state index in [9.17, 15) is 0 Å². The van der Waals surface area contributed by atoms with Gasteiger partial charge in [0.05, 0.1) is 0 Å². The van der Waals surface area contributed by atoms with E-state index in [2.05, 4.69) is 41.5 Å². The standard InChI is InChI=1S/C15H24O2S/c1-14(2,3)12-7-13(15(4,5)6)17-11-9-18-8-10(11)16-12/h8-9,12-13H,7H2,1-6H3. The van der Waals surface area contributed by atoms with E-state index in [0.29, 0.717) is 0 Å². The lowest BCUT2D eigenvalue weighted by molar-refractivity contribution is 0.0233. The SMILES string of the molecule is CC(C)(C)C1CC(C(C)(C)C)Oc2cscc2O1. The Labute approximate surface area is 114 Å². The van der Waals surface area contributed by atoms with Crippen molar-refractivity contribution in [2.45, 2.75) is 60.2 Å². The molecule has 0 bridgehead atoms. The van der Waals surface area contributed by atoms with Crippen molar-refractivity contribution in [3.05, 3.63) is 10.8 Å². The van der Waals surface area contributed by atoms with Gasteiger partial charge in [-0.1, -0.05) is 41.5 Å². The summed E-state index contributed by atoms with van der Waals surface area (Å²) < 4.78 is 12.3. The van der Waals surface area contributed by atoms with Crippen molar-refractivity contribution >= 4 is 11.3 Å². The first-order chi connectivity index (χ1) is 8.18. The summed E-state index contributed by atoms with van der Waals surface area (Å²) in [6.07, 6.45) is 1.32. The second-order valence-corrected chi connectivity index (χ2v) is 8.02. The lowest BCUT2D eigenvalue weighted by Gasteiger charge is -2.35. The number of ether oxygens (including phenoxy) is 2. The highest BCUT2D eigenvalue weighted by Crippen LogP contribution is 2.43. The molecule has 102 valence electrons. The van der Waals surface area contributed by atoms with Crippen LogP contribution in [0, 0.1) is 10.8 Å². The maximum atomic E-state index is 6.17. The largest absolute Gasteiger partial charge is 0.485 e. The molecule has 0 saturated carbocycles. The average molecular weight is 268 g/mol. The fraction of sp³-hybridized carbons (Fsp3) is 0.733. The number of rotatable bonds is 0. The zero-order valence-corrected chi connectivity index (χ0v) is 13.1. The van der Waals surface area contributed by atoms with Crippen molar-refractivity contribution in [1.29, 1.82) is 0 Å². The van der Waals surface area contributed by atoms with Crippen molar-refractivity contribution in [2.75, 3.05) is 0 Å². The van der Waals surface area contributed by atoms with Gasteiger partial charge in [0.25, 0.3) is 0 Å². The molecule has 2 rings (SSSR count). The minimum absolute atomic E-state index is 0.121. The second kappa shape index (κ2) is 4.44. The Balaban J connectivity index is 2.33. The van der Waals surface area contributed by atoms with Crippen LogP contribution in [0.15, 0.2) is 10.8 Å². The topological polar surface area (TPSA) is 18.5 Å². The lowest BCUT2D eigenvalue weighted by atomic mass is 9.79. The number of fused-ring (bicyclic) bond motifs is 1. The number of thiophene rings is 1. The van der Waals surface area contributed by atoms with Gasteiger partial charge in [-0.15, -0.1) is 11.3 Å².